The van der Waals surface area contributed by atoms with Crippen LogP contribution in [0.3, 0.4) is 0 Å². The van der Waals surface area contributed by atoms with Gasteiger partial charge in [-0.15, -0.1) is 0 Å². The van der Waals surface area contributed by atoms with Gasteiger partial charge in [-0.1, -0.05) is 33.6 Å². The van der Waals surface area contributed by atoms with Gasteiger partial charge in [-0.3, -0.25) is 0 Å². The summed E-state index contributed by atoms with van der Waals surface area (Å²) >= 11 is 1.87. The minimum atomic E-state index is -0.0865. The van der Waals surface area contributed by atoms with Gasteiger partial charge in [0.2, 0.25) is 0 Å². The van der Waals surface area contributed by atoms with Gasteiger partial charge < -0.3 is 5.11 Å². The molecule has 1 atom stereocenters. The fourth-order valence-corrected chi connectivity index (χ4v) is 2.29. The third-order valence-electron chi connectivity index (χ3n) is 2.23. The van der Waals surface area contributed by atoms with E-state index in [1.54, 1.807) is 0 Å². The maximum absolute atomic E-state index is 9.71. The number of hydrogen-bond acceptors (Lipinski definition) is 2. The van der Waals surface area contributed by atoms with Crippen LogP contribution in [-0.4, -0.2) is 22.7 Å². The maximum atomic E-state index is 9.71. The minimum Gasteiger partial charge on any atom is -0.392 e. The number of aliphatic hydroxyl groups excluding tert-OH is 1. The van der Waals surface area contributed by atoms with Crippen molar-refractivity contribution in [2.24, 2.45) is 5.92 Å². The van der Waals surface area contributed by atoms with Gasteiger partial charge in [-0.05, 0) is 18.1 Å². The van der Waals surface area contributed by atoms with Crippen molar-refractivity contribution in [2.45, 2.75) is 46.1 Å². The molecular weight excluding hydrogens is 168 g/mol. The summed E-state index contributed by atoms with van der Waals surface area (Å²) in [6.07, 6.45) is 3.33. The zero-order valence-electron chi connectivity index (χ0n) is 8.55. The lowest BCUT2D eigenvalue weighted by atomic mass is 9.98. The van der Waals surface area contributed by atoms with Crippen molar-refractivity contribution in [3.05, 3.63) is 0 Å². The summed E-state index contributed by atoms with van der Waals surface area (Å²) in [6, 6.07) is 0. The van der Waals surface area contributed by atoms with Gasteiger partial charge in [-0.25, -0.2) is 0 Å². The molecule has 0 fully saturated rings. The Morgan fingerprint density at radius 3 is 2.17 bits per heavy atom. The summed E-state index contributed by atoms with van der Waals surface area (Å²) in [5, 5.41) is 9.71. The molecule has 74 valence electrons. The van der Waals surface area contributed by atoms with Gasteiger partial charge >= 0.3 is 0 Å². The Morgan fingerprint density at radius 1 is 1.17 bits per heavy atom. The number of aliphatic hydroxyl groups is 1. The molecule has 0 rings (SSSR count). The zero-order chi connectivity index (χ0) is 9.40. The van der Waals surface area contributed by atoms with E-state index >= 15 is 0 Å². The van der Waals surface area contributed by atoms with Gasteiger partial charge in [0.15, 0.2) is 0 Å². The summed E-state index contributed by atoms with van der Waals surface area (Å²) in [7, 11) is 0. The molecule has 0 spiro atoms. The smallest absolute Gasteiger partial charge is 0.0658 e. The first-order valence-corrected chi connectivity index (χ1v) is 6.17. The standard InChI is InChI=1S/C10H22OS/c1-4-7-12-8-10(11)9(5-2)6-3/h9-11H,4-8H2,1-3H3. The molecule has 0 aliphatic heterocycles. The lowest BCUT2D eigenvalue weighted by Crippen LogP contribution is -2.21. The van der Waals surface area contributed by atoms with E-state index < -0.39 is 0 Å². The largest absolute Gasteiger partial charge is 0.392 e. The highest BCUT2D eigenvalue weighted by molar-refractivity contribution is 7.99. The first-order valence-electron chi connectivity index (χ1n) is 5.01. The highest BCUT2D eigenvalue weighted by Crippen LogP contribution is 2.17. The van der Waals surface area contributed by atoms with E-state index in [1.165, 1.54) is 12.2 Å². The second kappa shape index (κ2) is 7.93. The second-order valence-corrected chi connectivity index (χ2v) is 4.37. The predicted molar refractivity (Wildman–Crippen MR) is 57.7 cm³/mol. The molecule has 0 bridgehead atoms. The van der Waals surface area contributed by atoms with E-state index in [9.17, 15) is 5.11 Å². The van der Waals surface area contributed by atoms with Gasteiger partial charge in [0.05, 0.1) is 6.10 Å². The van der Waals surface area contributed by atoms with Crippen LogP contribution >= 0.6 is 11.8 Å². The molecule has 0 aromatic heterocycles. The SMILES string of the molecule is CCCSCC(O)C(CC)CC. The second-order valence-electron chi connectivity index (χ2n) is 3.22. The average Bonchev–Trinajstić information content (AvgIpc) is 2.07. The van der Waals surface area contributed by atoms with E-state index in [4.69, 9.17) is 0 Å². The lowest BCUT2D eigenvalue weighted by molar-refractivity contribution is 0.125. The molecule has 0 aliphatic rings. The molecule has 0 saturated carbocycles. The highest BCUT2D eigenvalue weighted by Gasteiger charge is 2.14. The van der Waals surface area contributed by atoms with Crippen molar-refractivity contribution in [1.82, 2.24) is 0 Å². The van der Waals surface area contributed by atoms with Crippen LogP contribution in [0, 0.1) is 5.92 Å². The van der Waals surface area contributed by atoms with E-state index in [0.29, 0.717) is 5.92 Å². The van der Waals surface area contributed by atoms with Gasteiger partial charge in [-0.2, -0.15) is 11.8 Å². The molecule has 0 aromatic rings. The molecule has 0 aliphatic carbocycles. The first kappa shape index (κ1) is 12.3. The molecule has 0 radical (unpaired) electrons. The Bertz CT molecular complexity index is 91.8. The summed E-state index contributed by atoms with van der Waals surface area (Å²) in [4.78, 5) is 0. The Balaban J connectivity index is 3.47. The number of hydrogen-bond donors (Lipinski definition) is 1. The normalized spacial score (nSPS) is 13.8. The maximum Gasteiger partial charge on any atom is 0.0658 e. The first-order chi connectivity index (χ1) is 5.76. The van der Waals surface area contributed by atoms with E-state index in [1.807, 2.05) is 11.8 Å². The Hall–Kier alpha value is 0.310. The topological polar surface area (TPSA) is 20.2 Å². The Kier molecular flexibility index (Phi) is 8.14. The zero-order valence-corrected chi connectivity index (χ0v) is 9.36. The summed E-state index contributed by atoms with van der Waals surface area (Å²) in [6.45, 7) is 6.49. The molecule has 0 saturated heterocycles. The monoisotopic (exact) mass is 190 g/mol. The van der Waals surface area contributed by atoms with Crippen molar-refractivity contribution >= 4 is 11.8 Å². The third-order valence-corrected chi connectivity index (χ3v) is 3.50. The third kappa shape index (κ3) is 5.04. The van der Waals surface area contributed by atoms with Gasteiger partial charge in [0.25, 0.3) is 0 Å². The van der Waals surface area contributed by atoms with Crippen molar-refractivity contribution in [3.8, 4) is 0 Å². The van der Waals surface area contributed by atoms with Crippen LogP contribution in [0.2, 0.25) is 0 Å². The molecule has 0 amide bonds. The molecule has 1 nitrogen and oxygen atoms in total. The van der Waals surface area contributed by atoms with Crippen molar-refractivity contribution in [3.63, 3.8) is 0 Å². The van der Waals surface area contributed by atoms with Crippen LogP contribution in [-0.2, 0) is 0 Å². The van der Waals surface area contributed by atoms with Crippen molar-refractivity contribution < 1.29 is 5.11 Å². The van der Waals surface area contributed by atoms with Crippen LogP contribution in [0.5, 0.6) is 0 Å². The molecular formula is C10H22OS. The Labute approximate surface area is 80.9 Å². The molecule has 12 heavy (non-hydrogen) atoms. The quantitative estimate of drug-likeness (QED) is 0.623. The summed E-state index contributed by atoms with van der Waals surface area (Å²) < 4.78 is 0. The van der Waals surface area contributed by atoms with E-state index in [2.05, 4.69) is 20.8 Å². The van der Waals surface area contributed by atoms with E-state index in [-0.39, 0.29) is 6.10 Å². The fourth-order valence-electron chi connectivity index (χ4n) is 1.32. The van der Waals surface area contributed by atoms with E-state index in [0.717, 1.165) is 18.6 Å². The van der Waals surface area contributed by atoms with Gasteiger partial charge in [0, 0.05) is 5.75 Å². The molecule has 1 unspecified atom stereocenters. The molecule has 0 aromatic carbocycles. The fraction of sp³-hybridized carbons (Fsp3) is 1.00. The van der Waals surface area contributed by atoms with Crippen LogP contribution in [0.4, 0.5) is 0 Å². The highest BCUT2D eigenvalue weighted by atomic mass is 32.2. The van der Waals surface area contributed by atoms with Gasteiger partial charge in [0.1, 0.15) is 0 Å². The lowest BCUT2D eigenvalue weighted by Gasteiger charge is -2.19. The van der Waals surface area contributed by atoms with Crippen molar-refractivity contribution in [2.75, 3.05) is 11.5 Å². The van der Waals surface area contributed by atoms with Crippen LogP contribution < -0.4 is 0 Å². The molecule has 0 heterocycles. The number of thioether (sulfide) groups is 1. The predicted octanol–water partition coefficient (Wildman–Crippen LogP) is 2.93. The minimum absolute atomic E-state index is 0.0865. The Morgan fingerprint density at radius 2 is 1.75 bits per heavy atom. The summed E-state index contributed by atoms with van der Waals surface area (Å²) in [5.74, 6) is 2.60. The van der Waals surface area contributed by atoms with Crippen LogP contribution in [0.25, 0.3) is 0 Å². The molecule has 1 N–H and O–H groups in total. The molecule has 2 heteroatoms. The average molecular weight is 190 g/mol. The number of rotatable bonds is 7. The van der Waals surface area contributed by atoms with Crippen LogP contribution in [0.15, 0.2) is 0 Å². The van der Waals surface area contributed by atoms with Crippen molar-refractivity contribution in [1.29, 1.82) is 0 Å². The summed E-state index contributed by atoms with van der Waals surface area (Å²) in [5.41, 5.74) is 0. The van der Waals surface area contributed by atoms with Crippen LogP contribution in [0.1, 0.15) is 40.0 Å².